The Labute approximate surface area is 150 Å². The Kier molecular flexibility index (Phi) is 5.46. The number of likely N-dealkylation sites (N-methyl/N-ethyl adjacent to an activating group) is 1. The molecular weight excluding hydrogens is 336 g/mol. The molecule has 1 aromatic carbocycles. The molecule has 1 saturated heterocycles. The van der Waals surface area contributed by atoms with Crippen LogP contribution in [0.15, 0.2) is 30.5 Å². The van der Waals surface area contributed by atoms with Crippen molar-refractivity contribution in [3.05, 3.63) is 41.6 Å². The van der Waals surface area contributed by atoms with Gasteiger partial charge >= 0.3 is 6.03 Å². The van der Waals surface area contributed by atoms with Crippen LogP contribution in [0.4, 0.5) is 10.6 Å². The van der Waals surface area contributed by atoms with E-state index in [1.807, 2.05) is 6.07 Å². The maximum atomic E-state index is 12.3. The quantitative estimate of drug-likeness (QED) is 0.834. The fourth-order valence-corrected chi connectivity index (χ4v) is 2.68. The molecule has 2 unspecified atom stereocenters. The van der Waals surface area contributed by atoms with Gasteiger partial charge in [-0.2, -0.15) is 5.26 Å². The van der Waals surface area contributed by atoms with Crippen molar-refractivity contribution in [1.29, 1.82) is 5.26 Å². The second-order valence-corrected chi connectivity index (χ2v) is 6.16. The highest BCUT2D eigenvalue weighted by molar-refractivity contribution is 5.87. The van der Waals surface area contributed by atoms with E-state index in [9.17, 15) is 9.90 Å². The van der Waals surface area contributed by atoms with E-state index in [-0.39, 0.29) is 12.6 Å². The van der Waals surface area contributed by atoms with Gasteiger partial charge in [-0.05, 0) is 24.1 Å². The molecule has 26 heavy (non-hydrogen) atoms. The lowest BCUT2D eigenvalue weighted by molar-refractivity contribution is 0.136. The van der Waals surface area contributed by atoms with Crippen molar-refractivity contribution in [2.24, 2.45) is 0 Å². The molecule has 2 heterocycles. The molecule has 1 aliphatic heterocycles. The van der Waals surface area contributed by atoms with E-state index < -0.39 is 12.1 Å². The Hall–Kier alpha value is -2.96. The number of nitrogens with one attached hydrogen (secondary N) is 1. The van der Waals surface area contributed by atoms with Crippen molar-refractivity contribution in [1.82, 2.24) is 19.9 Å². The number of urea groups is 1. The van der Waals surface area contributed by atoms with E-state index in [0.29, 0.717) is 30.2 Å². The van der Waals surface area contributed by atoms with Gasteiger partial charge in [0.25, 0.3) is 0 Å². The van der Waals surface area contributed by atoms with Gasteiger partial charge in [0.05, 0.1) is 43.1 Å². The molecule has 0 aliphatic carbocycles. The van der Waals surface area contributed by atoms with Crippen molar-refractivity contribution in [2.75, 3.05) is 32.1 Å². The molecule has 2 N–H and O–H groups in total. The van der Waals surface area contributed by atoms with Gasteiger partial charge in [-0.3, -0.25) is 5.32 Å². The standard InChI is InChI=1S/C17H20N6O3/c1-22(9-15(24)13-4-2-12(8-18)3-5-13)17(25)19-16-10-23(21-20-16)14-6-7-26-11-14/h2-5,10,14-15,24H,6-7,9,11H2,1H3,(H,19,25). The van der Waals surface area contributed by atoms with Crippen LogP contribution in [-0.4, -0.2) is 57.8 Å². The van der Waals surface area contributed by atoms with Crippen molar-refractivity contribution in [3.63, 3.8) is 0 Å². The first-order valence-corrected chi connectivity index (χ1v) is 8.26. The maximum absolute atomic E-state index is 12.3. The number of aliphatic hydroxyl groups is 1. The molecular formula is C17H20N6O3. The zero-order chi connectivity index (χ0) is 18.5. The smallest absolute Gasteiger partial charge is 0.322 e. The number of benzene rings is 1. The first-order chi connectivity index (χ1) is 12.6. The third-order valence-electron chi connectivity index (χ3n) is 4.24. The van der Waals surface area contributed by atoms with Crippen LogP contribution in [0, 0.1) is 11.3 Å². The summed E-state index contributed by atoms with van der Waals surface area (Å²) < 4.78 is 7.00. The largest absolute Gasteiger partial charge is 0.387 e. The fraction of sp³-hybridized carbons (Fsp3) is 0.412. The van der Waals surface area contributed by atoms with Gasteiger partial charge in [0, 0.05) is 13.7 Å². The van der Waals surface area contributed by atoms with E-state index in [1.165, 1.54) is 4.90 Å². The molecule has 1 aromatic heterocycles. The van der Waals surface area contributed by atoms with Gasteiger partial charge in [-0.25, -0.2) is 9.48 Å². The number of nitrogens with zero attached hydrogens (tertiary/aromatic N) is 5. The summed E-state index contributed by atoms with van der Waals surface area (Å²) in [5, 5.41) is 29.7. The Morgan fingerprint density at radius 1 is 1.54 bits per heavy atom. The van der Waals surface area contributed by atoms with E-state index in [4.69, 9.17) is 10.00 Å². The maximum Gasteiger partial charge on any atom is 0.322 e. The molecule has 0 saturated carbocycles. The summed E-state index contributed by atoms with van der Waals surface area (Å²) in [6.45, 7) is 1.39. The van der Waals surface area contributed by atoms with Crippen LogP contribution in [0.3, 0.4) is 0 Å². The fourth-order valence-electron chi connectivity index (χ4n) is 2.68. The highest BCUT2D eigenvalue weighted by Crippen LogP contribution is 2.19. The number of nitriles is 1. The van der Waals surface area contributed by atoms with Crippen molar-refractivity contribution < 1.29 is 14.6 Å². The number of ether oxygens (including phenoxy) is 1. The number of aromatic nitrogens is 3. The summed E-state index contributed by atoms with van der Waals surface area (Å²) in [4.78, 5) is 13.6. The molecule has 2 atom stereocenters. The SMILES string of the molecule is CN(CC(O)c1ccc(C#N)cc1)C(=O)Nc1cn(C2CCOC2)nn1. The van der Waals surface area contributed by atoms with Crippen LogP contribution in [0.25, 0.3) is 0 Å². The molecule has 136 valence electrons. The van der Waals surface area contributed by atoms with Gasteiger partial charge in [-0.15, -0.1) is 5.10 Å². The minimum atomic E-state index is -0.857. The zero-order valence-corrected chi connectivity index (χ0v) is 14.4. The lowest BCUT2D eigenvalue weighted by atomic mass is 10.1. The average Bonchev–Trinajstić information content (AvgIpc) is 3.33. The van der Waals surface area contributed by atoms with Crippen molar-refractivity contribution in [3.8, 4) is 6.07 Å². The average molecular weight is 356 g/mol. The molecule has 1 aliphatic rings. The predicted octanol–water partition coefficient (Wildman–Crippen LogP) is 1.31. The number of carbonyl (C=O) groups is 1. The Balaban J connectivity index is 1.54. The highest BCUT2D eigenvalue weighted by atomic mass is 16.5. The predicted molar refractivity (Wildman–Crippen MR) is 92.3 cm³/mol. The summed E-state index contributed by atoms with van der Waals surface area (Å²) in [6.07, 6.45) is 1.68. The normalized spacial score (nSPS) is 17.5. The minimum absolute atomic E-state index is 0.0995. The van der Waals surface area contributed by atoms with Gasteiger partial charge in [0.15, 0.2) is 5.82 Å². The summed E-state index contributed by atoms with van der Waals surface area (Å²) in [5.41, 5.74) is 1.15. The van der Waals surface area contributed by atoms with Crippen LogP contribution in [0.2, 0.25) is 0 Å². The Morgan fingerprint density at radius 3 is 2.96 bits per heavy atom. The third kappa shape index (κ3) is 4.17. The van der Waals surface area contributed by atoms with E-state index >= 15 is 0 Å². The van der Waals surface area contributed by atoms with Crippen LogP contribution < -0.4 is 5.32 Å². The highest BCUT2D eigenvalue weighted by Gasteiger charge is 2.20. The number of aliphatic hydroxyl groups excluding tert-OH is 1. The van der Waals surface area contributed by atoms with Gasteiger partial charge in [0.1, 0.15) is 0 Å². The monoisotopic (exact) mass is 356 g/mol. The van der Waals surface area contributed by atoms with Gasteiger partial charge in [-0.1, -0.05) is 17.3 Å². The van der Waals surface area contributed by atoms with Crippen molar-refractivity contribution >= 4 is 11.8 Å². The zero-order valence-electron chi connectivity index (χ0n) is 14.4. The lowest BCUT2D eigenvalue weighted by Crippen LogP contribution is -2.34. The number of amides is 2. The molecule has 1 fully saturated rings. The summed E-state index contributed by atoms with van der Waals surface area (Å²) in [6, 6.07) is 8.37. The summed E-state index contributed by atoms with van der Waals surface area (Å²) in [5.74, 6) is 0.349. The van der Waals surface area contributed by atoms with E-state index in [0.717, 1.165) is 6.42 Å². The second kappa shape index (κ2) is 7.95. The first-order valence-electron chi connectivity index (χ1n) is 8.26. The lowest BCUT2D eigenvalue weighted by Gasteiger charge is -2.21. The van der Waals surface area contributed by atoms with E-state index in [2.05, 4.69) is 15.6 Å². The van der Waals surface area contributed by atoms with Crippen LogP contribution >= 0.6 is 0 Å². The van der Waals surface area contributed by atoms with Gasteiger partial charge in [0.2, 0.25) is 0 Å². The third-order valence-corrected chi connectivity index (χ3v) is 4.24. The second-order valence-electron chi connectivity index (χ2n) is 6.16. The number of rotatable bonds is 5. The first kappa shape index (κ1) is 17.8. The number of hydrogen-bond acceptors (Lipinski definition) is 6. The molecule has 0 radical (unpaired) electrons. The van der Waals surface area contributed by atoms with E-state index in [1.54, 1.807) is 42.2 Å². The number of hydrogen-bond donors (Lipinski definition) is 2. The Morgan fingerprint density at radius 2 is 2.31 bits per heavy atom. The molecule has 9 heteroatoms. The van der Waals surface area contributed by atoms with Crippen LogP contribution in [0.1, 0.15) is 29.7 Å². The van der Waals surface area contributed by atoms with Crippen molar-refractivity contribution in [2.45, 2.75) is 18.6 Å². The molecule has 0 bridgehead atoms. The molecule has 9 nitrogen and oxygen atoms in total. The molecule has 0 spiro atoms. The molecule has 2 aromatic rings. The van der Waals surface area contributed by atoms with Gasteiger partial charge < -0.3 is 14.7 Å². The molecule has 2 amide bonds. The molecule has 3 rings (SSSR count). The summed E-state index contributed by atoms with van der Waals surface area (Å²) >= 11 is 0. The Bertz CT molecular complexity index is 792. The van der Waals surface area contributed by atoms with Crippen LogP contribution in [-0.2, 0) is 4.74 Å². The number of anilines is 1. The summed E-state index contributed by atoms with van der Waals surface area (Å²) in [7, 11) is 1.58. The minimum Gasteiger partial charge on any atom is -0.387 e. The topological polar surface area (TPSA) is 116 Å². The van der Waals surface area contributed by atoms with Crippen LogP contribution in [0.5, 0.6) is 0 Å². The number of carbonyl (C=O) groups excluding carboxylic acids is 1.